The summed E-state index contributed by atoms with van der Waals surface area (Å²) in [6.07, 6.45) is 0.896. The number of imide groups is 1. The van der Waals surface area contributed by atoms with Crippen molar-refractivity contribution in [3.05, 3.63) is 41.9 Å². The van der Waals surface area contributed by atoms with Crippen LogP contribution in [0.25, 0.3) is 11.3 Å². The van der Waals surface area contributed by atoms with Crippen molar-refractivity contribution in [1.29, 1.82) is 0 Å². The molecular weight excluding hydrogens is 374 g/mol. The van der Waals surface area contributed by atoms with Crippen LogP contribution in [0.3, 0.4) is 0 Å². The molecule has 0 spiro atoms. The van der Waals surface area contributed by atoms with Crippen LogP contribution in [0, 0.1) is 6.92 Å². The molecule has 8 heteroatoms. The van der Waals surface area contributed by atoms with E-state index in [1.54, 1.807) is 0 Å². The maximum atomic E-state index is 11.7. The van der Waals surface area contributed by atoms with E-state index in [1.807, 2.05) is 29.8 Å². The number of ether oxygens (including phenoxy) is 1. The highest BCUT2D eigenvalue weighted by molar-refractivity contribution is 6.01. The van der Waals surface area contributed by atoms with Gasteiger partial charge in [0.1, 0.15) is 12.4 Å². The van der Waals surface area contributed by atoms with Gasteiger partial charge in [0, 0.05) is 24.6 Å². The standard InChI is InChI=1S/C21H25N3O5/c1-14-22-17(15-5-7-16(8-6-15)21(2,3)4)13-23(14)11-12-28-20(27)29-24-18(25)9-10-19(24)26/h5-8,13H,9-12H2,1-4H3. The largest absolute Gasteiger partial charge is 0.534 e. The summed E-state index contributed by atoms with van der Waals surface area (Å²) in [4.78, 5) is 43.8. The average Bonchev–Trinajstić information content (AvgIpc) is 3.18. The third-order valence-electron chi connectivity index (χ3n) is 4.75. The van der Waals surface area contributed by atoms with Crippen molar-refractivity contribution in [2.24, 2.45) is 0 Å². The molecule has 0 atom stereocenters. The first-order valence-corrected chi connectivity index (χ1v) is 9.50. The monoisotopic (exact) mass is 399 g/mol. The zero-order chi connectivity index (χ0) is 21.2. The number of aryl methyl sites for hydroxylation is 1. The van der Waals surface area contributed by atoms with E-state index < -0.39 is 18.0 Å². The first kappa shape index (κ1) is 20.6. The maximum Gasteiger partial charge on any atom is 0.534 e. The third-order valence-corrected chi connectivity index (χ3v) is 4.75. The average molecular weight is 399 g/mol. The van der Waals surface area contributed by atoms with E-state index in [1.165, 1.54) is 5.56 Å². The Bertz CT molecular complexity index is 909. The number of hydrogen-bond acceptors (Lipinski definition) is 6. The molecule has 0 N–H and O–H groups in total. The quantitative estimate of drug-likeness (QED) is 0.566. The van der Waals surface area contributed by atoms with Gasteiger partial charge in [0.2, 0.25) is 0 Å². The number of carbonyl (C=O) groups excluding carboxylic acids is 3. The van der Waals surface area contributed by atoms with Crippen LogP contribution in [0.2, 0.25) is 0 Å². The second-order valence-electron chi connectivity index (χ2n) is 7.97. The van der Waals surface area contributed by atoms with Crippen molar-refractivity contribution in [3.63, 3.8) is 0 Å². The lowest BCUT2D eigenvalue weighted by atomic mass is 9.86. The van der Waals surface area contributed by atoms with Crippen LogP contribution in [0.4, 0.5) is 4.79 Å². The van der Waals surface area contributed by atoms with Crippen molar-refractivity contribution in [3.8, 4) is 11.3 Å². The van der Waals surface area contributed by atoms with Crippen LogP contribution in [-0.2, 0) is 31.1 Å². The molecule has 1 fully saturated rings. The van der Waals surface area contributed by atoms with E-state index in [0.717, 1.165) is 17.1 Å². The number of carbonyl (C=O) groups is 3. The molecule has 3 rings (SSSR count). The summed E-state index contributed by atoms with van der Waals surface area (Å²) in [5.41, 5.74) is 3.17. The number of imidazole rings is 1. The van der Waals surface area contributed by atoms with E-state index in [4.69, 9.17) is 4.74 Å². The molecule has 2 amide bonds. The van der Waals surface area contributed by atoms with Gasteiger partial charge in [0.05, 0.1) is 12.2 Å². The van der Waals surface area contributed by atoms with Crippen molar-refractivity contribution in [2.75, 3.05) is 6.61 Å². The summed E-state index contributed by atoms with van der Waals surface area (Å²) in [6.45, 7) is 8.77. The van der Waals surface area contributed by atoms with Crippen LogP contribution >= 0.6 is 0 Å². The van der Waals surface area contributed by atoms with Gasteiger partial charge in [-0.15, -0.1) is 0 Å². The molecule has 0 aliphatic carbocycles. The van der Waals surface area contributed by atoms with Gasteiger partial charge in [0.25, 0.3) is 11.8 Å². The Labute approximate surface area is 169 Å². The predicted octanol–water partition coefficient (Wildman–Crippen LogP) is 3.37. The van der Waals surface area contributed by atoms with Gasteiger partial charge in [-0.25, -0.2) is 9.78 Å². The molecule has 8 nitrogen and oxygen atoms in total. The number of aromatic nitrogens is 2. The third kappa shape index (κ3) is 4.82. The molecule has 0 bridgehead atoms. The number of nitrogens with zero attached hydrogens (tertiary/aromatic N) is 3. The minimum absolute atomic E-state index is 0.0225. The maximum absolute atomic E-state index is 11.7. The summed E-state index contributed by atoms with van der Waals surface area (Å²) in [5.74, 6) is -0.305. The topological polar surface area (TPSA) is 90.7 Å². The van der Waals surface area contributed by atoms with Crippen molar-refractivity contribution >= 4 is 18.0 Å². The summed E-state index contributed by atoms with van der Waals surface area (Å²) >= 11 is 0. The van der Waals surface area contributed by atoms with Gasteiger partial charge in [0.15, 0.2) is 0 Å². The molecule has 2 aromatic rings. The molecule has 154 valence electrons. The number of benzene rings is 1. The molecule has 0 unspecified atom stereocenters. The molecule has 1 aliphatic heterocycles. The van der Waals surface area contributed by atoms with Crippen molar-refractivity contribution < 1.29 is 24.0 Å². The SMILES string of the molecule is Cc1nc(-c2ccc(C(C)(C)C)cc2)cn1CCOC(=O)ON1C(=O)CCC1=O. The molecule has 29 heavy (non-hydrogen) atoms. The first-order valence-electron chi connectivity index (χ1n) is 9.50. The summed E-state index contributed by atoms with van der Waals surface area (Å²) < 4.78 is 6.84. The number of rotatable bonds is 5. The molecule has 1 aromatic carbocycles. The van der Waals surface area contributed by atoms with Crippen LogP contribution in [0.15, 0.2) is 30.5 Å². The fourth-order valence-electron chi connectivity index (χ4n) is 3.00. The highest BCUT2D eigenvalue weighted by atomic mass is 16.8. The second kappa shape index (κ2) is 8.06. The molecule has 1 aliphatic rings. The lowest BCUT2D eigenvalue weighted by molar-refractivity contribution is -0.177. The van der Waals surface area contributed by atoms with Crippen LogP contribution in [-0.4, -0.2) is 39.2 Å². The van der Waals surface area contributed by atoms with Gasteiger partial charge >= 0.3 is 6.16 Å². The Balaban J connectivity index is 1.56. The van der Waals surface area contributed by atoms with E-state index >= 15 is 0 Å². The molecule has 0 radical (unpaired) electrons. The second-order valence-corrected chi connectivity index (χ2v) is 7.97. The molecule has 1 aromatic heterocycles. The minimum atomic E-state index is -1.08. The zero-order valence-electron chi connectivity index (χ0n) is 17.1. The fraction of sp³-hybridized carbons (Fsp3) is 0.429. The van der Waals surface area contributed by atoms with Gasteiger partial charge in [-0.2, -0.15) is 0 Å². The summed E-state index contributed by atoms with van der Waals surface area (Å²) in [6, 6.07) is 8.29. The fourth-order valence-corrected chi connectivity index (χ4v) is 3.00. The summed E-state index contributed by atoms with van der Waals surface area (Å²) in [5, 5.41) is 0.462. The highest BCUT2D eigenvalue weighted by Gasteiger charge is 2.33. The number of hydrogen-bond donors (Lipinski definition) is 0. The Kier molecular flexibility index (Phi) is 5.72. The van der Waals surface area contributed by atoms with Crippen LogP contribution in [0.5, 0.6) is 0 Å². The molecule has 2 heterocycles. The zero-order valence-corrected chi connectivity index (χ0v) is 17.1. The number of amides is 2. The Hall–Kier alpha value is -3.16. The summed E-state index contributed by atoms with van der Waals surface area (Å²) in [7, 11) is 0. The van der Waals surface area contributed by atoms with E-state index in [9.17, 15) is 14.4 Å². The van der Waals surface area contributed by atoms with Crippen molar-refractivity contribution in [2.45, 2.75) is 52.5 Å². The smallest absolute Gasteiger partial charge is 0.431 e. The lowest BCUT2D eigenvalue weighted by Crippen LogP contribution is -2.32. The van der Waals surface area contributed by atoms with Gasteiger partial charge in [-0.1, -0.05) is 50.1 Å². The van der Waals surface area contributed by atoms with Gasteiger partial charge in [-0.3, -0.25) is 14.4 Å². The Morgan fingerprint density at radius 2 is 1.72 bits per heavy atom. The Morgan fingerprint density at radius 1 is 1.10 bits per heavy atom. The van der Waals surface area contributed by atoms with E-state index in [0.29, 0.717) is 11.6 Å². The predicted molar refractivity (Wildman–Crippen MR) is 105 cm³/mol. The normalized spacial score (nSPS) is 14.4. The van der Waals surface area contributed by atoms with Crippen LogP contribution < -0.4 is 0 Å². The number of hydroxylamine groups is 2. The Morgan fingerprint density at radius 3 is 2.31 bits per heavy atom. The van der Waals surface area contributed by atoms with Gasteiger partial charge < -0.3 is 9.30 Å². The van der Waals surface area contributed by atoms with Crippen LogP contribution in [0.1, 0.15) is 45.0 Å². The first-order chi connectivity index (χ1) is 13.6. The molecular formula is C21H25N3O5. The molecule has 0 saturated carbocycles. The van der Waals surface area contributed by atoms with E-state index in [2.05, 4.69) is 42.7 Å². The lowest BCUT2D eigenvalue weighted by Gasteiger charge is -2.18. The minimum Gasteiger partial charge on any atom is -0.431 e. The van der Waals surface area contributed by atoms with E-state index in [-0.39, 0.29) is 24.9 Å². The van der Waals surface area contributed by atoms with Crippen molar-refractivity contribution in [1.82, 2.24) is 14.6 Å². The molecule has 1 saturated heterocycles. The van der Waals surface area contributed by atoms with Gasteiger partial charge in [-0.05, 0) is 17.9 Å². The highest BCUT2D eigenvalue weighted by Crippen LogP contribution is 2.25.